The van der Waals surface area contributed by atoms with E-state index in [1.165, 1.54) is 11.8 Å². The van der Waals surface area contributed by atoms with E-state index in [4.69, 9.17) is 16.3 Å². The topological polar surface area (TPSA) is 75.7 Å². The number of carbonyl (C=O) groups excluding carboxylic acids is 3. The predicted octanol–water partition coefficient (Wildman–Crippen LogP) is 2.92. The largest absolute Gasteiger partial charge is 0.444 e. The Hall–Kier alpha value is -2.08. The summed E-state index contributed by atoms with van der Waals surface area (Å²) < 4.78 is 5.18. The average Bonchev–Trinajstić information content (AvgIpc) is 2.64. The highest BCUT2D eigenvalue weighted by atomic mass is 35.5. The molecule has 2 rings (SSSR count). The Balaban J connectivity index is 2.02. The van der Waals surface area contributed by atoms with Crippen molar-refractivity contribution in [3.8, 4) is 0 Å². The molecule has 1 aliphatic rings. The minimum atomic E-state index is -1.28. The number of benzene rings is 1. The Morgan fingerprint density at radius 1 is 1.36 bits per heavy atom. The third-order valence-electron chi connectivity index (χ3n) is 3.81. The summed E-state index contributed by atoms with van der Waals surface area (Å²) in [6, 6.07) is 7.26. The number of carbonyl (C=O) groups is 3. The van der Waals surface area contributed by atoms with Crippen molar-refractivity contribution in [1.29, 1.82) is 0 Å². The monoisotopic (exact) mass is 366 g/mol. The average molecular weight is 367 g/mol. The number of nitrogens with one attached hydrogen (secondary N) is 1. The van der Waals surface area contributed by atoms with Crippen LogP contribution >= 0.6 is 11.6 Å². The van der Waals surface area contributed by atoms with Crippen molar-refractivity contribution in [2.24, 2.45) is 0 Å². The Kier molecular flexibility index (Phi) is 5.42. The lowest BCUT2D eigenvalue weighted by molar-refractivity contribution is -0.140. The van der Waals surface area contributed by atoms with Crippen LogP contribution in [0.15, 0.2) is 24.3 Å². The van der Waals surface area contributed by atoms with Gasteiger partial charge in [0.25, 0.3) is 5.91 Å². The Bertz CT molecular complexity index is 699. The van der Waals surface area contributed by atoms with E-state index in [2.05, 4.69) is 5.32 Å². The van der Waals surface area contributed by atoms with Crippen LogP contribution in [-0.2, 0) is 20.7 Å². The van der Waals surface area contributed by atoms with E-state index in [0.29, 0.717) is 11.4 Å². The van der Waals surface area contributed by atoms with Crippen molar-refractivity contribution < 1.29 is 19.1 Å². The van der Waals surface area contributed by atoms with Gasteiger partial charge in [-0.05, 0) is 51.8 Å². The maximum Gasteiger partial charge on any atom is 0.408 e. The number of likely N-dealkylation sites (tertiary alicyclic amines) is 1. The molecule has 7 heteroatoms. The molecule has 1 aromatic rings. The number of amides is 3. The molecule has 1 aromatic carbocycles. The second kappa shape index (κ2) is 7.04. The van der Waals surface area contributed by atoms with Crippen molar-refractivity contribution in [3.05, 3.63) is 34.9 Å². The number of hydrogen-bond acceptors (Lipinski definition) is 4. The molecule has 1 heterocycles. The molecule has 0 radical (unpaired) electrons. The van der Waals surface area contributed by atoms with E-state index in [0.717, 1.165) is 5.56 Å². The molecular formula is C18H23ClN2O4. The first kappa shape index (κ1) is 19.2. The second-order valence-corrected chi connectivity index (χ2v) is 7.80. The molecule has 0 aliphatic carbocycles. The molecule has 0 saturated carbocycles. The summed E-state index contributed by atoms with van der Waals surface area (Å²) in [5.41, 5.74) is -1.03. The van der Waals surface area contributed by atoms with Gasteiger partial charge in [0.1, 0.15) is 11.1 Å². The SMILES string of the molecule is CC(C)(C)OC(=O)NC1(C)CC(=O)N(CCc2cccc(Cl)c2)C1=O. The maximum absolute atomic E-state index is 12.6. The quantitative estimate of drug-likeness (QED) is 0.831. The molecule has 0 aromatic heterocycles. The van der Waals surface area contributed by atoms with Crippen LogP contribution in [0.4, 0.5) is 4.79 Å². The standard InChI is InChI=1S/C18H23ClN2O4/c1-17(2,3)25-16(24)20-18(4)11-14(22)21(15(18)23)9-8-12-6-5-7-13(19)10-12/h5-7,10H,8-9,11H2,1-4H3,(H,20,24). The highest BCUT2D eigenvalue weighted by Crippen LogP contribution is 2.25. The number of nitrogens with zero attached hydrogens (tertiary/aromatic N) is 1. The molecule has 1 unspecified atom stereocenters. The third kappa shape index (κ3) is 4.95. The summed E-state index contributed by atoms with van der Waals surface area (Å²) in [4.78, 5) is 38.0. The fraction of sp³-hybridized carbons (Fsp3) is 0.500. The molecule has 1 saturated heterocycles. The number of hydrogen-bond donors (Lipinski definition) is 1. The van der Waals surface area contributed by atoms with Crippen molar-refractivity contribution in [1.82, 2.24) is 10.2 Å². The van der Waals surface area contributed by atoms with Crippen LogP contribution in [0, 0.1) is 0 Å². The zero-order valence-corrected chi connectivity index (χ0v) is 15.6. The lowest BCUT2D eigenvalue weighted by Gasteiger charge is -2.26. The minimum absolute atomic E-state index is 0.0827. The van der Waals surface area contributed by atoms with Gasteiger partial charge in [0.2, 0.25) is 5.91 Å². The molecule has 0 bridgehead atoms. The molecular weight excluding hydrogens is 344 g/mol. The first-order valence-electron chi connectivity index (χ1n) is 8.11. The summed E-state index contributed by atoms with van der Waals surface area (Å²) in [6.45, 7) is 6.97. The normalized spacial score (nSPS) is 20.8. The fourth-order valence-electron chi connectivity index (χ4n) is 2.67. The zero-order chi connectivity index (χ0) is 18.8. The van der Waals surface area contributed by atoms with Gasteiger partial charge in [0.15, 0.2) is 0 Å². The third-order valence-corrected chi connectivity index (χ3v) is 4.05. The molecule has 1 N–H and O–H groups in total. The first-order chi connectivity index (χ1) is 11.5. The number of halogens is 1. The molecule has 1 aliphatic heterocycles. The van der Waals surface area contributed by atoms with Crippen LogP contribution in [0.3, 0.4) is 0 Å². The fourth-order valence-corrected chi connectivity index (χ4v) is 2.88. The van der Waals surface area contributed by atoms with Crippen LogP contribution in [0.1, 0.15) is 39.7 Å². The van der Waals surface area contributed by atoms with Crippen LogP contribution in [0.5, 0.6) is 0 Å². The van der Waals surface area contributed by atoms with Gasteiger partial charge in [-0.15, -0.1) is 0 Å². The summed E-state index contributed by atoms with van der Waals surface area (Å²) >= 11 is 5.94. The van der Waals surface area contributed by atoms with E-state index < -0.39 is 23.1 Å². The van der Waals surface area contributed by atoms with Crippen molar-refractivity contribution in [2.45, 2.75) is 51.7 Å². The first-order valence-corrected chi connectivity index (χ1v) is 8.48. The molecule has 1 fully saturated rings. The Morgan fingerprint density at radius 3 is 2.64 bits per heavy atom. The van der Waals surface area contributed by atoms with Crippen molar-refractivity contribution >= 4 is 29.5 Å². The van der Waals surface area contributed by atoms with Gasteiger partial charge >= 0.3 is 6.09 Å². The van der Waals surface area contributed by atoms with Gasteiger partial charge in [-0.3, -0.25) is 14.5 Å². The van der Waals surface area contributed by atoms with Gasteiger partial charge in [0, 0.05) is 11.6 Å². The van der Waals surface area contributed by atoms with Crippen LogP contribution in [-0.4, -0.2) is 40.5 Å². The maximum atomic E-state index is 12.6. The molecule has 25 heavy (non-hydrogen) atoms. The van der Waals surface area contributed by atoms with Crippen molar-refractivity contribution in [3.63, 3.8) is 0 Å². The number of alkyl carbamates (subject to hydrolysis) is 1. The summed E-state index contributed by atoms with van der Waals surface area (Å²) in [5.74, 6) is -0.740. The zero-order valence-electron chi connectivity index (χ0n) is 14.9. The lowest BCUT2D eigenvalue weighted by Crippen LogP contribution is -2.53. The highest BCUT2D eigenvalue weighted by molar-refractivity contribution is 6.30. The summed E-state index contributed by atoms with van der Waals surface area (Å²) in [6.07, 6.45) is -0.297. The van der Waals surface area contributed by atoms with Crippen LogP contribution < -0.4 is 5.32 Å². The molecule has 3 amide bonds. The number of imide groups is 1. The van der Waals surface area contributed by atoms with Crippen LogP contribution in [0.25, 0.3) is 0 Å². The highest BCUT2D eigenvalue weighted by Gasteiger charge is 2.49. The molecule has 6 nitrogen and oxygen atoms in total. The van der Waals surface area contributed by atoms with Gasteiger partial charge in [-0.2, -0.15) is 0 Å². The predicted molar refractivity (Wildman–Crippen MR) is 94.3 cm³/mol. The van der Waals surface area contributed by atoms with Crippen LogP contribution in [0.2, 0.25) is 5.02 Å². The summed E-state index contributed by atoms with van der Waals surface area (Å²) in [7, 11) is 0. The molecule has 136 valence electrons. The van der Waals surface area contributed by atoms with E-state index in [1.807, 2.05) is 12.1 Å². The second-order valence-electron chi connectivity index (χ2n) is 7.37. The molecule has 1 atom stereocenters. The Morgan fingerprint density at radius 2 is 2.04 bits per heavy atom. The minimum Gasteiger partial charge on any atom is -0.444 e. The smallest absolute Gasteiger partial charge is 0.408 e. The van der Waals surface area contributed by atoms with E-state index in [1.54, 1.807) is 32.9 Å². The number of rotatable bonds is 4. The van der Waals surface area contributed by atoms with Gasteiger partial charge in [0.05, 0.1) is 6.42 Å². The van der Waals surface area contributed by atoms with E-state index >= 15 is 0 Å². The summed E-state index contributed by atoms with van der Waals surface area (Å²) in [5, 5.41) is 3.14. The van der Waals surface area contributed by atoms with E-state index in [9.17, 15) is 14.4 Å². The Labute approximate surface area is 152 Å². The molecule has 0 spiro atoms. The van der Waals surface area contributed by atoms with E-state index in [-0.39, 0.29) is 18.9 Å². The van der Waals surface area contributed by atoms with Gasteiger partial charge in [-0.1, -0.05) is 23.7 Å². The van der Waals surface area contributed by atoms with Gasteiger partial charge in [-0.25, -0.2) is 4.79 Å². The lowest BCUT2D eigenvalue weighted by atomic mass is 10.0. The number of ether oxygens (including phenoxy) is 1. The van der Waals surface area contributed by atoms with Crippen molar-refractivity contribution in [2.75, 3.05) is 6.54 Å². The van der Waals surface area contributed by atoms with Gasteiger partial charge < -0.3 is 10.1 Å².